The molecule has 0 radical (unpaired) electrons. The quantitative estimate of drug-likeness (QED) is 0.861. The number of nitrogens with zero attached hydrogens (tertiary/aromatic N) is 2. The lowest BCUT2D eigenvalue weighted by molar-refractivity contribution is 0.265. The van der Waals surface area contributed by atoms with Crippen molar-refractivity contribution >= 4 is 10.9 Å². The average Bonchev–Trinajstić information content (AvgIpc) is 2.67. The van der Waals surface area contributed by atoms with Crippen LogP contribution in [0.25, 0.3) is 10.9 Å². The molecule has 2 aromatic rings. The number of methoxy groups -OCH3 is 1. The number of hydrogen-bond acceptors (Lipinski definition) is 3. The number of aliphatic hydroxyl groups is 1. The molecule has 0 unspecified atom stereocenters. The number of hydrogen-bond donors (Lipinski definition) is 1. The van der Waals surface area contributed by atoms with Crippen LogP contribution in [0.15, 0.2) is 18.2 Å². The van der Waals surface area contributed by atoms with Crippen molar-refractivity contribution < 1.29 is 9.84 Å². The maximum absolute atomic E-state index is 9.46. The third-order valence-electron chi connectivity index (χ3n) is 2.64. The molecule has 0 aliphatic carbocycles. The highest BCUT2D eigenvalue weighted by atomic mass is 16.5. The van der Waals surface area contributed by atoms with Crippen molar-refractivity contribution in [2.45, 2.75) is 26.5 Å². The Morgan fingerprint density at radius 3 is 2.75 bits per heavy atom. The molecule has 1 heterocycles. The van der Waals surface area contributed by atoms with Crippen LogP contribution >= 0.6 is 0 Å². The molecule has 0 aliphatic rings. The third-order valence-corrected chi connectivity index (χ3v) is 2.64. The van der Waals surface area contributed by atoms with Gasteiger partial charge in [0.1, 0.15) is 5.75 Å². The smallest absolute Gasteiger partial charge is 0.130 e. The summed E-state index contributed by atoms with van der Waals surface area (Å²) in [5, 5.41) is 14.8. The van der Waals surface area contributed by atoms with E-state index in [1.54, 1.807) is 7.11 Å². The van der Waals surface area contributed by atoms with Crippen molar-refractivity contribution in [2.75, 3.05) is 7.11 Å². The number of rotatable bonds is 3. The SMILES string of the molecule is COc1cccc2nn(C(C)C)c(CO)c12. The van der Waals surface area contributed by atoms with Gasteiger partial charge in [-0.3, -0.25) is 4.68 Å². The van der Waals surface area contributed by atoms with Crippen molar-refractivity contribution in [3.63, 3.8) is 0 Å². The zero-order valence-electron chi connectivity index (χ0n) is 9.77. The van der Waals surface area contributed by atoms with E-state index >= 15 is 0 Å². The fraction of sp³-hybridized carbons (Fsp3) is 0.417. The predicted molar refractivity (Wildman–Crippen MR) is 62.6 cm³/mol. The molecule has 0 fully saturated rings. The Kier molecular flexibility index (Phi) is 2.83. The average molecular weight is 220 g/mol. The molecule has 0 aliphatic heterocycles. The van der Waals surface area contributed by atoms with E-state index in [4.69, 9.17) is 4.74 Å². The van der Waals surface area contributed by atoms with Crippen LogP contribution in [-0.2, 0) is 6.61 Å². The lowest BCUT2D eigenvalue weighted by atomic mass is 10.2. The number of aromatic nitrogens is 2. The van der Waals surface area contributed by atoms with Crippen LogP contribution in [-0.4, -0.2) is 22.0 Å². The minimum absolute atomic E-state index is 0.0327. The Hall–Kier alpha value is -1.55. The first-order valence-corrected chi connectivity index (χ1v) is 5.34. The fourth-order valence-electron chi connectivity index (χ4n) is 1.93. The molecular weight excluding hydrogens is 204 g/mol. The van der Waals surface area contributed by atoms with Gasteiger partial charge in [0.2, 0.25) is 0 Å². The van der Waals surface area contributed by atoms with Gasteiger partial charge in [-0.2, -0.15) is 5.10 Å². The maximum Gasteiger partial charge on any atom is 0.130 e. The Morgan fingerprint density at radius 1 is 1.44 bits per heavy atom. The minimum atomic E-state index is -0.0327. The van der Waals surface area contributed by atoms with E-state index in [0.717, 1.165) is 22.3 Å². The highest BCUT2D eigenvalue weighted by molar-refractivity contribution is 5.87. The molecule has 0 spiro atoms. The molecule has 1 N–H and O–H groups in total. The normalized spacial score (nSPS) is 11.3. The molecule has 0 saturated heterocycles. The van der Waals surface area contributed by atoms with Crippen molar-refractivity contribution in [1.29, 1.82) is 0 Å². The molecule has 0 amide bonds. The standard InChI is InChI=1S/C12H16N2O2/c1-8(2)14-10(7-15)12-9(13-14)5-4-6-11(12)16-3/h4-6,8,15H,7H2,1-3H3. The summed E-state index contributed by atoms with van der Waals surface area (Å²) in [4.78, 5) is 0. The van der Waals surface area contributed by atoms with E-state index in [0.29, 0.717) is 0 Å². The lowest BCUT2D eigenvalue weighted by Crippen LogP contribution is -2.07. The van der Waals surface area contributed by atoms with E-state index in [2.05, 4.69) is 5.10 Å². The maximum atomic E-state index is 9.46. The van der Waals surface area contributed by atoms with Crippen LogP contribution in [0.1, 0.15) is 25.6 Å². The summed E-state index contributed by atoms with van der Waals surface area (Å²) in [5.74, 6) is 0.758. The van der Waals surface area contributed by atoms with Gasteiger partial charge in [-0.1, -0.05) is 6.07 Å². The highest BCUT2D eigenvalue weighted by Gasteiger charge is 2.15. The summed E-state index contributed by atoms with van der Waals surface area (Å²) in [6, 6.07) is 5.93. The van der Waals surface area contributed by atoms with Crippen LogP contribution in [0.3, 0.4) is 0 Å². The Labute approximate surface area is 94.5 Å². The molecule has 4 heteroatoms. The monoisotopic (exact) mass is 220 g/mol. The van der Waals surface area contributed by atoms with E-state index in [9.17, 15) is 5.11 Å². The summed E-state index contributed by atoms with van der Waals surface area (Å²) in [5.41, 5.74) is 1.67. The largest absolute Gasteiger partial charge is 0.496 e. The molecule has 2 rings (SSSR count). The summed E-state index contributed by atoms with van der Waals surface area (Å²) in [6.45, 7) is 4.05. The lowest BCUT2D eigenvalue weighted by Gasteiger charge is -2.09. The van der Waals surface area contributed by atoms with Gasteiger partial charge in [0, 0.05) is 6.04 Å². The zero-order valence-corrected chi connectivity index (χ0v) is 9.77. The Balaban J connectivity index is 2.78. The second kappa shape index (κ2) is 4.14. The van der Waals surface area contributed by atoms with Crippen molar-refractivity contribution in [3.8, 4) is 5.75 Å². The van der Waals surface area contributed by atoms with Gasteiger partial charge < -0.3 is 9.84 Å². The van der Waals surface area contributed by atoms with Crippen LogP contribution < -0.4 is 4.74 Å². The topological polar surface area (TPSA) is 47.3 Å². The predicted octanol–water partition coefficient (Wildman–Crippen LogP) is 2.12. The number of fused-ring (bicyclic) bond motifs is 1. The molecule has 4 nitrogen and oxygen atoms in total. The van der Waals surface area contributed by atoms with Gasteiger partial charge >= 0.3 is 0 Å². The molecule has 0 saturated carbocycles. The van der Waals surface area contributed by atoms with Crippen molar-refractivity contribution in [2.24, 2.45) is 0 Å². The van der Waals surface area contributed by atoms with E-state index < -0.39 is 0 Å². The van der Waals surface area contributed by atoms with Gasteiger partial charge in [0.25, 0.3) is 0 Å². The first kappa shape index (κ1) is 11.0. The number of ether oxygens (including phenoxy) is 1. The van der Waals surface area contributed by atoms with Crippen LogP contribution in [0.5, 0.6) is 5.75 Å². The first-order valence-electron chi connectivity index (χ1n) is 5.34. The van der Waals surface area contributed by atoms with Gasteiger partial charge in [-0.15, -0.1) is 0 Å². The molecular formula is C12H16N2O2. The molecule has 86 valence electrons. The van der Waals surface area contributed by atoms with Crippen molar-refractivity contribution in [1.82, 2.24) is 9.78 Å². The van der Waals surface area contributed by atoms with E-state index in [1.165, 1.54) is 0 Å². The van der Waals surface area contributed by atoms with Gasteiger partial charge in [-0.05, 0) is 26.0 Å². The number of benzene rings is 1. The number of aliphatic hydroxyl groups excluding tert-OH is 1. The van der Waals surface area contributed by atoms with E-state index in [-0.39, 0.29) is 12.6 Å². The first-order chi connectivity index (χ1) is 7.69. The molecule has 0 atom stereocenters. The zero-order chi connectivity index (χ0) is 11.7. The van der Waals surface area contributed by atoms with E-state index in [1.807, 2.05) is 36.7 Å². The molecule has 0 bridgehead atoms. The van der Waals surface area contributed by atoms with Gasteiger partial charge in [0.05, 0.1) is 30.3 Å². The van der Waals surface area contributed by atoms with Crippen molar-refractivity contribution in [3.05, 3.63) is 23.9 Å². The Morgan fingerprint density at radius 2 is 2.19 bits per heavy atom. The second-order valence-corrected chi connectivity index (χ2v) is 4.00. The summed E-state index contributed by atoms with van der Waals surface area (Å²) < 4.78 is 7.14. The second-order valence-electron chi connectivity index (χ2n) is 4.00. The van der Waals surface area contributed by atoms with Crippen LogP contribution in [0.2, 0.25) is 0 Å². The summed E-state index contributed by atoms with van der Waals surface area (Å²) in [7, 11) is 1.63. The highest BCUT2D eigenvalue weighted by Crippen LogP contribution is 2.30. The fourth-order valence-corrected chi connectivity index (χ4v) is 1.93. The Bertz CT molecular complexity index is 503. The summed E-state index contributed by atoms with van der Waals surface area (Å²) in [6.07, 6.45) is 0. The molecule has 1 aromatic carbocycles. The van der Waals surface area contributed by atoms with Gasteiger partial charge in [0.15, 0.2) is 0 Å². The van der Waals surface area contributed by atoms with Gasteiger partial charge in [-0.25, -0.2) is 0 Å². The molecule has 16 heavy (non-hydrogen) atoms. The molecule has 1 aromatic heterocycles. The minimum Gasteiger partial charge on any atom is -0.496 e. The van der Waals surface area contributed by atoms with Crippen LogP contribution in [0.4, 0.5) is 0 Å². The van der Waals surface area contributed by atoms with Crippen LogP contribution in [0, 0.1) is 0 Å². The summed E-state index contributed by atoms with van der Waals surface area (Å²) >= 11 is 0. The third kappa shape index (κ3) is 1.55.